The Morgan fingerprint density at radius 3 is 2.75 bits per heavy atom. The van der Waals surface area contributed by atoms with Crippen LogP contribution in [0.3, 0.4) is 0 Å². The summed E-state index contributed by atoms with van der Waals surface area (Å²) in [5, 5.41) is 10.4. The predicted molar refractivity (Wildman–Crippen MR) is 118 cm³/mol. The van der Waals surface area contributed by atoms with Gasteiger partial charge in [-0.25, -0.2) is 0 Å². The van der Waals surface area contributed by atoms with E-state index < -0.39 is 6.10 Å². The number of para-hydroxylation sites is 1. The van der Waals surface area contributed by atoms with Crippen molar-refractivity contribution < 1.29 is 14.6 Å². The minimum absolute atomic E-state index is 0. The van der Waals surface area contributed by atoms with E-state index in [0.29, 0.717) is 13.2 Å². The van der Waals surface area contributed by atoms with E-state index in [0.717, 1.165) is 40.9 Å². The van der Waals surface area contributed by atoms with Crippen molar-refractivity contribution in [2.24, 2.45) is 0 Å². The van der Waals surface area contributed by atoms with E-state index in [1.807, 2.05) is 42.5 Å². The van der Waals surface area contributed by atoms with Crippen LogP contribution in [0.5, 0.6) is 5.75 Å². The Morgan fingerprint density at radius 1 is 1.25 bits per heavy atom. The summed E-state index contributed by atoms with van der Waals surface area (Å²) >= 11 is 3.46. The van der Waals surface area contributed by atoms with Crippen molar-refractivity contribution in [3.8, 4) is 5.75 Å². The molecule has 0 saturated carbocycles. The van der Waals surface area contributed by atoms with Gasteiger partial charge in [0.1, 0.15) is 18.5 Å². The number of benzene rings is 2. The Labute approximate surface area is 181 Å². The second-order valence-corrected chi connectivity index (χ2v) is 7.65. The molecule has 152 valence electrons. The maximum Gasteiger partial charge on any atom is 0.122 e. The summed E-state index contributed by atoms with van der Waals surface area (Å²) in [6.45, 7) is 6.87. The minimum Gasteiger partial charge on any atom is -0.491 e. The molecule has 1 saturated heterocycles. The van der Waals surface area contributed by atoms with Crippen LogP contribution in [0.25, 0.3) is 0 Å². The predicted octanol–water partition coefficient (Wildman–Crippen LogP) is 4.41. The van der Waals surface area contributed by atoms with Gasteiger partial charge in [-0.2, -0.15) is 0 Å². The summed E-state index contributed by atoms with van der Waals surface area (Å²) in [6.07, 6.45) is 2.10. The van der Waals surface area contributed by atoms with Gasteiger partial charge in [0.2, 0.25) is 0 Å². The van der Waals surface area contributed by atoms with Gasteiger partial charge in [0.05, 0.1) is 12.7 Å². The smallest absolute Gasteiger partial charge is 0.122 e. The summed E-state index contributed by atoms with van der Waals surface area (Å²) in [6, 6.07) is 16.1. The maximum atomic E-state index is 10.4. The average Bonchev–Trinajstić information content (AvgIpc) is 2.68. The summed E-state index contributed by atoms with van der Waals surface area (Å²) in [7, 11) is 0. The molecule has 3 rings (SSSR count). The van der Waals surface area contributed by atoms with Gasteiger partial charge >= 0.3 is 0 Å². The van der Waals surface area contributed by atoms with Gasteiger partial charge in [0, 0.05) is 24.1 Å². The molecule has 6 heteroatoms. The topological polar surface area (TPSA) is 41.9 Å². The molecular weight excluding hydrogens is 442 g/mol. The number of aliphatic hydroxyl groups excluding tert-OH is 1. The zero-order valence-electron chi connectivity index (χ0n) is 15.8. The molecule has 2 aromatic carbocycles. The Kier molecular flexibility index (Phi) is 9.48. The number of aliphatic hydroxyl groups is 1. The SMILES string of the molecule is C=CCc1ccccc1OCC(O)CN1CCOC(c2ccc(Br)cc2)C1.Cl. The molecule has 0 amide bonds. The number of nitrogens with zero attached hydrogens (tertiary/aromatic N) is 1. The van der Waals surface area contributed by atoms with Gasteiger partial charge in [0.15, 0.2) is 0 Å². The summed E-state index contributed by atoms with van der Waals surface area (Å²) in [4.78, 5) is 2.24. The number of rotatable bonds is 8. The minimum atomic E-state index is -0.551. The lowest BCUT2D eigenvalue weighted by Crippen LogP contribution is -2.43. The van der Waals surface area contributed by atoms with Crippen molar-refractivity contribution in [3.05, 3.63) is 76.8 Å². The van der Waals surface area contributed by atoms with Crippen molar-refractivity contribution in [1.29, 1.82) is 0 Å². The third-order valence-corrected chi connectivity index (χ3v) is 5.16. The number of allylic oxidation sites excluding steroid dienone is 1. The van der Waals surface area contributed by atoms with Crippen molar-refractivity contribution in [3.63, 3.8) is 0 Å². The molecule has 0 aliphatic carbocycles. The van der Waals surface area contributed by atoms with E-state index in [2.05, 4.69) is 39.5 Å². The van der Waals surface area contributed by atoms with Crippen molar-refractivity contribution >= 4 is 28.3 Å². The Morgan fingerprint density at radius 2 is 2.00 bits per heavy atom. The quantitative estimate of drug-likeness (QED) is 0.583. The molecule has 2 atom stereocenters. The molecule has 0 bridgehead atoms. The molecule has 2 aromatic rings. The molecule has 1 N–H and O–H groups in total. The van der Waals surface area contributed by atoms with Gasteiger partial charge in [-0.15, -0.1) is 19.0 Å². The molecule has 1 aliphatic heterocycles. The normalized spacial score (nSPS) is 18.1. The molecule has 0 spiro atoms. The fourth-order valence-corrected chi connectivity index (χ4v) is 3.52. The Balaban J connectivity index is 0.00000280. The lowest BCUT2D eigenvalue weighted by Gasteiger charge is -2.34. The van der Waals surface area contributed by atoms with Gasteiger partial charge in [-0.05, 0) is 35.7 Å². The number of morpholine rings is 1. The molecule has 28 heavy (non-hydrogen) atoms. The molecule has 0 aromatic heterocycles. The van der Waals surface area contributed by atoms with E-state index in [1.54, 1.807) is 0 Å². The second-order valence-electron chi connectivity index (χ2n) is 6.74. The molecule has 4 nitrogen and oxygen atoms in total. The number of ether oxygens (including phenoxy) is 2. The first-order valence-electron chi connectivity index (χ1n) is 9.25. The largest absolute Gasteiger partial charge is 0.491 e. The van der Waals surface area contributed by atoms with E-state index in [9.17, 15) is 5.11 Å². The lowest BCUT2D eigenvalue weighted by atomic mass is 10.1. The van der Waals surface area contributed by atoms with Gasteiger partial charge in [0.25, 0.3) is 0 Å². The monoisotopic (exact) mass is 467 g/mol. The molecule has 2 unspecified atom stereocenters. The summed E-state index contributed by atoms with van der Waals surface area (Å²) in [5.74, 6) is 0.811. The zero-order chi connectivity index (χ0) is 19.1. The number of hydrogen-bond donors (Lipinski definition) is 1. The molecule has 1 heterocycles. The number of halogens is 2. The highest BCUT2D eigenvalue weighted by Gasteiger charge is 2.23. The number of β-amino-alcohol motifs (C(OH)–C–C–N with tert-alkyl or cyclic N) is 1. The number of hydrogen-bond acceptors (Lipinski definition) is 4. The van der Waals surface area contributed by atoms with E-state index in [1.165, 1.54) is 0 Å². The van der Waals surface area contributed by atoms with Crippen LogP contribution < -0.4 is 4.74 Å². The second kappa shape index (κ2) is 11.6. The highest BCUT2D eigenvalue weighted by molar-refractivity contribution is 9.10. The lowest BCUT2D eigenvalue weighted by molar-refractivity contribution is -0.0459. The Hall–Kier alpha value is -1.37. The van der Waals surface area contributed by atoms with Gasteiger partial charge < -0.3 is 14.6 Å². The Bertz CT molecular complexity index is 741. The zero-order valence-corrected chi connectivity index (χ0v) is 18.2. The van der Waals surface area contributed by atoms with Gasteiger partial charge in [-0.3, -0.25) is 4.90 Å². The molecular formula is C22H27BrClNO3. The first-order chi connectivity index (χ1) is 13.2. The van der Waals surface area contributed by atoms with Crippen LogP contribution in [0.15, 0.2) is 65.7 Å². The van der Waals surface area contributed by atoms with Crippen LogP contribution in [0, 0.1) is 0 Å². The van der Waals surface area contributed by atoms with Crippen molar-refractivity contribution in [2.75, 3.05) is 32.8 Å². The first kappa shape index (κ1) is 22.9. The summed E-state index contributed by atoms with van der Waals surface area (Å²) < 4.78 is 12.8. The van der Waals surface area contributed by atoms with E-state index in [-0.39, 0.29) is 25.1 Å². The van der Waals surface area contributed by atoms with Crippen LogP contribution in [0.2, 0.25) is 0 Å². The maximum absolute atomic E-state index is 10.4. The van der Waals surface area contributed by atoms with E-state index in [4.69, 9.17) is 9.47 Å². The van der Waals surface area contributed by atoms with Crippen LogP contribution in [-0.4, -0.2) is 49.0 Å². The highest BCUT2D eigenvalue weighted by Crippen LogP contribution is 2.24. The fraction of sp³-hybridized carbons (Fsp3) is 0.364. The summed E-state index contributed by atoms with van der Waals surface area (Å²) in [5.41, 5.74) is 2.24. The van der Waals surface area contributed by atoms with Crippen LogP contribution in [-0.2, 0) is 11.2 Å². The van der Waals surface area contributed by atoms with Crippen LogP contribution >= 0.6 is 28.3 Å². The molecule has 1 fully saturated rings. The standard InChI is InChI=1S/C22H26BrNO3.ClH/c1-2-5-17-6-3-4-7-21(17)27-16-20(25)14-24-12-13-26-22(15-24)18-8-10-19(23)11-9-18;/h2-4,6-11,20,22,25H,1,5,12-16H2;1H. The molecule has 1 aliphatic rings. The third kappa shape index (κ3) is 6.61. The fourth-order valence-electron chi connectivity index (χ4n) is 3.25. The first-order valence-corrected chi connectivity index (χ1v) is 10.0. The average molecular weight is 469 g/mol. The van der Waals surface area contributed by atoms with Gasteiger partial charge in [-0.1, -0.05) is 52.3 Å². The van der Waals surface area contributed by atoms with E-state index >= 15 is 0 Å². The third-order valence-electron chi connectivity index (χ3n) is 4.63. The van der Waals surface area contributed by atoms with Crippen molar-refractivity contribution in [2.45, 2.75) is 18.6 Å². The highest BCUT2D eigenvalue weighted by atomic mass is 79.9. The van der Waals surface area contributed by atoms with Crippen LogP contribution in [0.1, 0.15) is 17.2 Å². The van der Waals surface area contributed by atoms with Crippen LogP contribution in [0.4, 0.5) is 0 Å². The molecule has 0 radical (unpaired) electrons. The van der Waals surface area contributed by atoms with Crippen molar-refractivity contribution in [1.82, 2.24) is 4.90 Å².